The number of benzene rings is 1. The second kappa shape index (κ2) is 10.6. The number of rotatable bonds is 8. The highest BCUT2D eigenvalue weighted by Crippen LogP contribution is 2.05. The van der Waals surface area contributed by atoms with Crippen LogP contribution in [0.15, 0.2) is 24.3 Å². The zero-order valence-electron chi connectivity index (χ0n) is 15.9. The van der Waals surface area contributed by atoms with Gasteiger partial charge in [0.25, 0.3) is 5.91 Å². The average molecular weight is 378 g/mol. The Morgan fingerprint density at radius 1 is 1.11 bits per heavy atom. The van der Waals surface area contributed by atoms with Crippen LogP contribution in [0.3, 0.4) is 0 Å². The summed E-state index contributed by atoms with van der Waals surface area (Å²) in [4.78, 5) is 36.6. The predicted molar refractivity (Wildman–Crippen MR) is 98.2 cm³/mol. The summed E-state index contributed by atoms with van der Waals surface area (Å²) in [6.45, 7) is 7.49. The maximum absolute atomic E-state index is 12.0. The lowest BCUT2D eigenvalue weighted by molar-refractivity contribution is -0.921. The molecule has 0 bridgehead atoms. The van der Waals surface area contributed by atoms with Crippen molar-refractivity contribution in [3.8, 4) is 0 Å². The van der Waals surface area contributed by atoms with E-state index in [0.29, 0.717) is 5.56 Å². The van der Waals surface area contributed by atoms with Crippen molar-refractivity contribution in [1.29, 1.82) is 0 Å². The SMILES string of the molecule is CC(C)NC(=O)CNC(=O)COC(=O)c1ccc(C[NH+]2CCOCC2)cc1. The van der Waals surface area contributed by atoms with Crippen LogP contribution in [-0.4, -0.2) is 63.3 Å². The Morgan fingerprint density at radius 3 is 2.41 bits per heavy atom. The van der Waals surface area contributed by atoms with E-state index in [1.165, 1.54) is 4.90 Å². The van der Waals surface area contributed by atoms with Gasteiger partial charge in [-0.15, -0.1) is 0 Å². The molecule has 1 aliphatic heterocycles. The maximum atomic E-state index is 12.0. The van der Waals surface area contributed by atoms with Crippen LogP contribution in [0.5, 0.6) is 0 Å². The molecule has 0 atom stereocenters. The van der Waals surface area contributed by atoms with E-state index < -0.39 is 18.5 Å². The van der Waals surface area contributed by atoms with Gasteiger partial charge < -0.3 is 25.0 Å². The number of hydrogen-bond donors (Lipinski definition) is 3. The standard InChI is InChI=1S/C19H27N3O5/c1-14(2)21-17(23)11-20-18(24)13-27-19(25)16-5-3-15(4-6-16)12-22-7-9-26-10-8-22/h3-6,14H,7-13H2,1-2H3,(H,20,24)(H,21,23)/p+1. The third-order valence-corrected chi connectivity index (χ3v) is 4.07. The molecule has 1 saturated heterocycles. The summed E-state index contributed by atoms with van der Waals surface area (Å²) in [5.74, 6) is -1.38. The second-order valence-electron chi connectivity index (χ2n) is 6.81. The molecule has 1 aliphatic rings. The summed E-state index contributed by atoms with van der Waals surface area (Å²) in [6, 6.07) is 7.20. The number of amides is 2. The summed E-state index contributed by atoms with van der Waals surface area (Å²) < 4.78 is 10.3. The van der Waals surface area contributed by atoms with Gasteiger partial charge in [0.2, 0.25) is 5.91 Å². The van der Waals surface area contributed by atoms with Crippen LogP contribution in [-0.2, 0) is 25.6 Å². The fourth-order valence-electron chi connectivity index (χ4n) is 2.70. The fraction of sp³-hybridized carbons (Fsp3) is 0.526. The Balaban J connectivity index is 1.72. The van der Waals surface area contributed by atoms with Crippen molar-refractivity contribution in [2.24, 2.45) is 0 Å². The summed E-state index contributed by atoms with van der Waals surface area (Å²) >= 11 is 0. The molecule has 0 aromatic heterocycles. The van der Waals surface area contributed by atoms with E-state index in [2.05, 4.69) is 10.6 Å². The minimum Gasteiger partial charge on any atom is -0.452 e. The van der Waals surface area contributed by atoms with E-state index in [1.807, 2.05) is 26.0 Å². The van der Waals surface area contributed by atoms with Gasteiger partial charge in [-0.2, -0.15) is 0 Å². The molecule has 0 aliphatic carbocycles. The van der Waals surface area contributed by atoms with Crippen molar-refractivity contribution in [3.63, 3.8) is 0 Å². The molecule has 1 fully saturated rings. The van der Waals surface area contributed by atoms with E-state index in [-0.39, 0.29) is 18.5 Å². The zero-order chi connectivity index (χ0) is 19.6. The van der Waals surface area contributed by atoms with Crippen LogP contribution in [0.4, 0.5) is 0 Å². The fourth-order valence-corrected chi connectivity index (χ4v) is 2.70. The third-order valence-electron chi connectivity index (χ3n) is 4.07. The number of morpholine rings is 1. The number of quaternary nitrogens is 1. The summed E-state index contributed by atoms with van der Waals surface area (Å²) in [7, 11) is 0. The lowest BCUT2D eigenvalue weighted by Gasteiger charge is -2.23. The molecule has 27 heavy (non-hydrogen) atoms. The van der Waals surface area contributed by atoms with Gasteiger partial charge in [0, 0.05) is 11.6 Å². The van der Waals surface area contributed by atoms with E-state index >= 15 is 0 Å². The highest BCUT2D eigenvalue weighted by atomic mass is 16.5. The number of carbonyl (C=O) groups excluding carboxylic acids is 3. The molecule has 2 amide bonds. The summed E-state index contributed by atoms with van der Waals surface area (Å²) in [5.41, 5.74) is 1.53. The van der Waals surface area contributed by atoms with E-state index in [0.717, 1.165) is 38.4 Å². The summed E-state index contributed by atoms with van der Waals surface area (Å²) in [5, 5.41) is 5.06. The molecule has 1 heterocycles. The largest absolute Gasteiger partial charge is 0.452 e. The lowest BCUT2D eigenvalue weighted by atomic mass is 10.1. The van der Waals surface area contributed by atoms with Crippen molar-refractivity contribution >= 4 is 17.8 Å². The van der Waals surface area contributed by atoms with Crippen molar-refractivity contribution in [2.45, 2.75) is 26.4 Å². The monoisotopic (exact) mass is 378 g/mol. The van der Waals surface area contributed by atoms with Gasteiger partial charge >= 0.3 is 5.97 Å². The number of hydrogen-bond acceptors (Lipinski definition) is 5. The quantitative estimate of drug-likeness (QED) is 0.499. The van der Waals surface area contributed by atoms with Crippen molar-refractivity contribution in [3.05, 3.63) is 35.4 Å². The Labute approximate surface area is 159 Å². The predicted octanol–water partition coefficient (Wildman–Crippen LogP) is -1.10. The molecule has 148 valence electrons. The molecule has 1 aromatic rings. The lowest BCUT2D eigenvalue weighted by Crippen LogP contribution is -3.12. The Morgan fingerprint density at radius 2 is 1.78 bits per heavy atom. The molecule has 0 saturated carbocycles. The third kappa shape index (κ3) is 7.76. The number of ether oxygens (including phenoxy) is 2. The van der Waals surface area contributed by atoms with Gasteiger partial charge in [0.1, 0.15) is 19.6 Å². The molecule has 8 heteroatoms. The molecule has 8 nitrogen and oxygen atoms in total. The Bertz CT molecular complexity index is 639. The maximum Gasteiger partial charge on any atom is 0.338 e. The number of esters is 1. The van der Waals surface area contributed by atoms with Gasteiger partial charge in [0.05, 0.1) is 25.3 Å². The first-order chi connectivity index (χ1) is 12.9. The van der Waals surface area contributed by atoms with Crippen LogP contribution in [0.2, 0.25) is 0 Å². The molecule has 1 aromatic carbocycles. The molecular formula is C19H28N3O5+. The van der Waals surface area contributed by atoms with E-state index in [4.69, 9.17) is 9.47 Å². The first-order valence-electron chi connectivity index (χ1n) is 9.17. The highest BCUT2D eigenvalue weighted by Gasteiger charge is 2.15. The van der Waals surface area contributed by atoms with Gasteiger partial charge in [-0.05, 0) is 26.0 Å². The highest BCUT2D eigenvalue weighted by molar-refractivity contribution is 5.92. The van der Waals surface area contributed by atoms with E-state index in [9.17, 15) is 14.4 Å². The average Bonchev–Trinajstić information content (AvgIpc) is 2.65. The molecule has 0 radical (unpaired) electrons. The van der Waals surface area contributed by atoms with Gasteiger partial charge in [-0.3, -0.25) is 9.59 Å². The second-order valence-corrected chi connectivity index (χ2v) is 6.81. The normalized spacial score (nSPS) is 14.6. The molecule has 3 N–H and O–H groups in total. The molecular weight excluding hydrogens is 350 g/mol. The first kappa shape index (κ1) is 20.9. The number of nitrogens with one attached hydrogen (secondary N) is 3. The van der Waals surface area contributed by atoms with Gasteiger partial charge in [-0.1, -0.05) is 12.1 Å². The van der Waals surface area contributed by atoms with Gasteiger partial charge in [0.15, 0.2) is 6.61 Å². The Kier molecular flexibility index (Phi) is 8.22. The van der Waals surface area contributed by atoms with Crippen molar-refractivity contribution < 1.29 is 28.8 Å². The smallest absolute Gasteiger partial charge is 0.338 e. The zero-order valence-corrected chi connectivity index (χ0v) is 15.9. The van der Waals surface area contributed by atoms with Gasteiger partial charge in [-0.25, -0.2) is 4.79 Å². The first-order valence-corrected chi connectivity index (χ1v) is 9.17. The van der Waals surface area contributed by atoms with Crippen molar-refractivity contribution in [2.75, 3.05) is 39.5 Å². The topological polar surface area (TPSA) is 98.2 Å². The minimum absolute atomic E-state index is 0.0000445. The van der Waals surface area contributed by atoms with Crippen LogP contribution >= 0.6 is 0 Å². The number of carbonyl (C=O) groups is 3. The molecule has 0 spiro atoms. The van der Waals surface area contributed by atoms with Crippen molar-refractivity contribution in [1.82, 2.24) is 10.6 Å². The molecule has 2 rings (SSSR count). The summed E-state index contributed by atoms with van der Waals surface area (Å²) in [6.07, 6.45) is 0. The van der Waals surface area contributed by atoms with Crippen LogP contribution in [0, 0.1) is 0 Å². The van der Waals surface area contributed by atoms with Crippen LogP contribution in [0.1, 0.15) is 29.8 Å². The van der Waals surface area contributed by atoms with E-state index in [1.54, 1.807) is 12.1 Å². The van der Waals surface area contributed by atoms with Crippen LogP contribution < -0.4 is 15.5 Å². The minimum atomic E-state index is -0.568. The van der Waals surface area contributed by atoms with Crippen LogP contribution in [0.25, 0.3) is 0 Å². The molecule has 0 unspecified atom stereocenters. The Hall–Kier alpha value is -2.45.